The highest BCUT2D eigenvalue weighted by Gasteiger charge is 2.27. The van der Waals surface area contributed by atoms with Crippen molar-refractivity contribution < 1.29 is 8.78 Å². The van der Waals surface area contributed by atoms with Gasteiger partial charge in [0.25, 0.3) is 0 Å². The Kier molecular flexibility index (Phi) is 9.18. The average Bonchev–Trinajstić information content (AvgIpc) is 3.88. The predicted molar refractivity (Wildman–Crippen MR) is 264 cm³/mol. The molecule has 0 spiro atoms. The van der Waals surface area contributed by atoms with Gasteiger partial charge >= 0.3 is 0 Å². The van der Waals surface area contributed by atoms with Crippen LogP contribution in [0.25, 0.3) is 116 Å². The lowest BCUT2D eigenvalue weighted by atomic mass is 9.99. The minimum Gasteiger partial charge on any atom is -0.319 e. The molecule has 8 aromatic carbocycles. The molecular formula is C59H35F2N5. The van der Waals surface area contributed by atoms with Crippen molar-refractivity contribution >= 4 is 49.3 Å². The number of rotatable bonds is 7. The van der Waals surface area contributed by atoms with Crippen molar-refractivity contribution in [1.82, 2.24) is 19.1 Å². The van der Waals surface area contributed by atoms with Crippen LogP contribution in [0.5, 0.6) is 0 Å². The molecule has 0 N–H and O–H groups in total. The van der Waals surface area contributed by atoms with E-state index in [0.717, 1.165) is 88.4 Å². The second-order valence-electron chi connectivity index (χ2n) is 16.3. The third-order valence-corrected chi connectivity index (χ3v) is 12.6. The molecule has 7 heteroatoms. The Morgan fingerprint density at radius 2 is 0.864 bits per heavy atom. The number of fused-ring (bicyclic) bond motifs is 6. The van der Waals surface area contributed by atoms with Crippen molar-refractivity contribution in [3.63, 3.8) is 0 Å². The quantitative estimate of drug-likeness (QED) is 0.150. The summed E-state index contributed by atoms with van der Waals surface area (Å²) in [6.07, 6.45) is 3.76. The van der Waals surface area contributed by atoms with Crippen LogP contribution >= 0.6 is 0 Å². The summed E-state index contributed by atoms with van der Waals surface area (Å²) in [7, 11) is 0. The summed E-state index contributed by atoms with van der Waals surface area (Å²) >= 11 is 0. The molecule has 66 heavy (non-hydrogen) atoms. The van der Waals surface area contributed by atoms with Gasteiger partial charge in [0.05, 0.1) is 57.0 Å². The van der Waals surface area contributed by atoms with Gasteiger partial charge in [-0.1, -0.05) is 146 Å². The Balaban J connectivity index is 1.12. The van der Waals surface area contributed by atoms with E-state index in [1.165, 1.54) is 18.2 Å². The summed E-state index contributed by atoms with van der Waals surface area (Å²) in [6, 6.07) is 64.5. The maximum absolute atomic E-state index is 16.2. The molecule has 0 fully saturated rings. The largest absolute Gasteiger partial charge is 0.319 e. The molecule has 0 saturated heterocycles. The Morgan fingerprint density at radius 1 is 0.394 bits per heavy atom. The van der Waals surface area contributed by atoms with E-state index in [2.05, 4.69) is 64.0 Å². The summed E-state index contributed by atoms with van der Waals surface area (Å²) in [5.74, 6) is -1.45. The monoisotopic (exact) mass is 851 g/mol. The summed E-state index contributed by atoms with van der Waals surface area (Å²) in [5, 5.41) is 3.87. The van der Waals surface area contributed by atoms with E-state index < -0.39 is 11.6 Å². The molecule has 0 unspecified atom stereocenters. The standard InChI is InChI=1S/C59H35F2N5/c1-62-58-54(65-52-21-10-8-17-43(52)45-27-23-39(33-55(45)65)41-25-30-50(63-35-41)37-13-4-2-5-14-37)32-29-47(57-48(60)19-12-20-49(57)61)59(58)66-53-22-11-9-18-44(53)46-28-24-40(34-56(46)66)42-26-31-51(64-36-42)38-15-6-3-7-16-38/h2-36H. The lowest BCUT2D eigenvalue weighted by Gasteiger charge is -2.21. The summed E-state index contributed by atoms with van der Waals surface area (Å²) < 4.78 is 36.6. The van der Waals surface area contributed by atoms with Crippen molar-refractivity contribution in [2.24, 2.45) is 0 Å². The van der Waals surface area contributed by atoms with Crippen LogP contribution < -0.4 is 0 Å². The molecule has 0 aliphatic carbocycles. The van der Waals surface area contributed by atoms with Crippen molar-refractivity contribution in [3.8, 4) is 67.3 Å². The Hall–Kier alpha value is -8.99. The lowest BCUT2D eigenvalue weighted by molar-refractivity contribution is 0.589. The van der Waals surface area contributed by atoms with Gasteiger partial charge in [-0.2, -0.15) is 0 Å². The van der Waals surface area contributed by atoms with Gasteiger partial charge < -0.3 is 9.13 Å². The van der Waals surface area contributed by atoms with E-state index in [-0.39, 0.29) is 16.8 Å². The molecule has 0 saturated carbocycles. The zero-order chi connectivity index (χ0) is 44.3. The first-order chi connectivity index (χ1) is 32.5. The van der Waals surface area contributed by atoms with Crippen LogP contribution in [0.3, 0.4) is 0 Å². The fraction of sp³-hybridized carbons (Fsp3) is 0. The number of halogens is 2. The maximum atomic E-state index is 16.2. The molecular weight excluding hydrogens is 817 g/mol. The first-order valence-electron chi connectivity index (χ1n) is 21.6. The van der Waals surface area contributed by atoms with Crippen molar-refractivity contribution in [2.45, 2.75) is 0 Å². The summed E-state index contributed by atoms with van der Waals surface area (Å²) in [4.78, 5) is 14.0. The zero-order valence-electron chi connectivity index (χ0n) is 35.2. The molecule has 0 bridgehead atoms. The van der Waals surface area contributed by atoms with Crippen molar-refractivity contribution in [3.05, 3.63) is 236 Å². The highest BCUT2D eigenvalue weighted by molar-refractivity contribution is 6.13. The van der Waals surface area contributed by atoms with Gasteiger partial charge in [0.1, 0.15) is 11.6 Å². The van der Waals surface area contributed by atoms with Crippen LogP contribution in [0, 0.1) is 18.2 Å². The van der Waals surface area contributed by atoms with Gasteiger partial charge in [-0.15, -0.1) is 0 Å². The van der Waals surface area contributed by atoms with Gasteiger partial charge in [0.2, 0.25) is 5.69 Å². The number of hydrogen-bond donors (Lipinski definition) is 0. The van der Waals surface area contributed by atoms with E-state index in [1.807, 2.05) is 138 Å². The van der Waals surface area contributed by atoms with Crippen LogP contribution in [0.1, 0.15) is 0 Å². The number of nitrogens with zero attached hydrogens (tertiary/aromatic N) is 5. The number of aromatic nitrogens is 4. The van der Waals surface area contributed by atoms with Gasteiger partial charge in [-0.3, -0.25) is 9.97 Å². The molecule has 5 nitrogen and oxygen atoms in total. The lowest BCUT2D eigenvalue weighted by Crippen LogP contribution is -2.04. The summed E-state index contributed by atoms with van der Waals surface area (Å²) in [5.41, 5.74) is 12.1. The number of para-hydroxylation sites is 2. The number of pyridine rings is 2. The molecule has 0 aliphatic heterocycles. The molecule has 0 radical (unpaired) electrons. The topological polar surface area (TPSA) is 40.0 Å². The molecule has 0 atom stereocenters. The van der Waals surface area contributed by atoms with E-state index in [0.29, 0.717) is 11.4 Å². The van der Waals surface area contributed by atoms with Gasteiger partial charge in [-0.25, -0.2) is 13.6 Å². The second kappa shape index (κ2) is 15.7. The molecule has 0 amide bonds. The molecule has 0 aliphatic rings. The molecule has 4 heterocycles. The fourth-order valence-corrected chi connectivity index (χ4v) is 9.53. The smallest absolute Gasteiger partial charge is 0.234 e. The SMILES string of the molecule is [C-]#[N+]c1c(-n2c3ccccc3c3ccc(-c4ccc(-c5ccccc5)nc4)cc32)ccc(-c2c(F)cccc2F)c1-n1c2ccccc2c2ccc(-c3ccc(-c4ccccc4)nc3)cc21. The first-order valence-corrected chi connectivity index (χ1v) is 21.6. The Bertz CT molecular complexity index is 3860. The highest BCUT2D eigenvalue weighted by atomic mass is 19.1. The van der Waals surface area contributed by atoms with Crippen LogP contribution in [-0.4, -0.2) is 19.1 Å². The van der Waals surface area contributed by atoms with E-state index in [4.69, 9.17) is 16.5 Å². The van der Waals surface area contributed by atoms with E-state index >= 15 is 8.78 Å². The van der Waals surface area contributed by atoms with Crippen LogP contribution in [-0.2, 0) is 0 Å². The minimum absolute atomic E-state index is 0.206. The summed E-state index contributed by atoms with van der Waals surface area (Å²) in [6.45, 7) is 9.06. The van der Waals surface area contributed by atoms with Crippen molar-refractivity contribution in [2.75, 3.05) is 0 Å². The third kappa shape index (κ3) is 6.27. The second-order valence-corrected chi connectivity index (χ2v) is 16.3. The predicted octanol–water partition coefficient (Wildman–Crippen LogP) is 15.8. The molecule has 310 valence electrons. The highest BCUT2D eigenvalue weighted by Crippen LogP contribution is 2.47. The van der Waals surface area contributed by atoms with E-state index in [9.17, 15) is 0 Å². The third-order valence-electron chi connectivity index (χ3n) is 12.6. The van der Waals surface area contributed by atoms with Gasteiger partial charge in [0, 0.05) is 61.8 Å². The molecule has 12 aromatic rings. The molecule has 12 rings (SSSR count). The number of hydrogen-bond acceptors (Lipinski definition) is 2. The van der Waals surface area contributed by atoms with Gasteiger partial charge in [0.15, 0.2) is 0 Å². The Morgan fingerprint density at radius 3 is 1.38 bits per heavy atom. The Labute approximate surface area is 378 Å². The van der Waals surface area contributed by atoms with Crippen LogP contribution in [0.15, 0.2) is 213 Å². The zero-order valence-corrected chi connectivity index (χ0v) is 35.2. The van der Waals surface area contributed by atoms with Crippen LogP contribution in [0.4, 0.5) is 14.5 Å². The molecule has 4 aromatic heterocycles. The maximum Gasteiger partial charge on any atom is 0.234 e. The number of benzene rings is 8. The first kappa shape index (κ1) is 38.7. The minimum atomic E-state index is -0.723. The average molecular weight is 852 g/mol. The van der Waals surface area contributed by atoms with Crippen molar-refractivity contribution in [1.29, 1.82) is 0 Å². The van der Waals surface area contributed by atoms with Gasteiger partial charge in [-0.05, 0) is 65.7 Å². The fourth-order valence-electron chi connectivity index (χ4n) is 9.53. The normalized spacial score (nSPS) is 11.5. The van der Waals surface area contributed by atoms with Crippen LogP contribution in [0.2, 0.25) is 0 Å². The van der Waals surface area contributed by atoms with E-state index in [1.54, 1.807) is 6.07 Å².